The Morgan fingerprint density at radius 2 is 1.20 bits per heavy atom. The van der Waals surface area contributed by atoms with Gasteiger partial charge in [-0.05, 0) is 78.4 Å². The lowest BCUT2D eigenvalue weighted by atomic mass is 10.1. The van der Waals surface area contributed by atoms with Crippen molar-refractivity contribution in [2.45, 2.75) is 10.3 Å². The number of carbonyl (C=O) groups excluding carboxylic acids is 3. The van der Waals surface area contributed by atoms with Crippen LogP contribution in [0, 0.1) is 5.92 Å². The van der Waals surface area contributed by atoms with Gasteiger partial charge in [-0.3, -0.25) is 14.4 Å². The fourth-order valence-corrected chi connectivity index (χ4v) is 6.02. The fourth-order valence-electron chi connectivity index (χ4n) is 4.45. The molecule has 2 atom stereocenters. The van der Waals surface area contributed by atoms with Crippen molar-refractivity contribution in [1.29, 1.82) is 0 Å². The first-order valence-corrected chi connectivity index (χ1v) is 14.1. The zero-order valence-electron chi connectivity index (χ0n) is 20.9. The van der Waals surface area contributed by atoms with E-state index in [-0.39, 0.29) is 16.5 Å². The monoisotopic (exact) mass is 645 g/mol. The Hall–Kier alpha value is -3.26. The number of hydrogen-bond acceptors (Lipinski definition) is 3. The highest BCUT2D eigenvalue weighted by atomic mass is 35.5. The SMILES string of the molecule is O=C(Nc1ccc(NC(=O)c2cc(NC(=O)[C@H]3[C@H](c4cc(Cl)cc(Cl)c4)C3(Cl)Cl)ccc2Cl)cc1)c1ccccc1. The summed E-state index contributed by atoms with van der Waals surface area (Å²) in [6, 6.07) is 24.9. The highest BCUT2D eigenvalue weighted by molar-refractivity contribution is 6.53. The van der Waals surface area contributed by atoms with Gasteiger partial charge in [-0.2, -0.15) is 0 Å². The highest BCUT2D eigenvalue weighted by Crippen LogP contribution is 2.65. The van der Waals surface area contributed by atoms with E-state index in [1.54, 1.807) is 72.8 Å². The Balaban J connectivity index is 1.24. The van der Waals surface area contributed by atoms with Crippen molar-refractivity contribution in [2.75, 3.05) is 16.0 Å². The first kappa shape index (κ1) is 29.2. The van der Waals surface area contributed by atoms with Crippen LogP contribution in [0.3, 0.4) is 0 Å². The second-order valence-corrected chi connectivity index (χ2v) is 12.1. The molecule has 0 bridgehead atoms. The molecule has 1 fully saturated rings. The number of hydrogen-bond donors (Lipinski definition) is 3. The van der Waals surface area contributed by atoms with Gasteiger partial charge in [-0.1, -0.05) is 53.0 Å². The molecule has 6 nitrogen and oxygen atoms in total. The summed E-state index contributed by atoms with van der Waals surface area (Å²) in [5.41, 5.74) is 2.70. The molecule has 5 rings (SSSR count). The third kappa shape index (κ3) is 6.64. The van der Waals surface area contributed by atoms with Gasteiger partial charge in [-0.25, -0.2) is 0 Å². The Labute approximate surface area is 260 Å². The lowest BCUT2D eigenvalue weighted by molar-refractivity contribution is -0.117. The Bertz CT molecular complexity index is 1630. The molecule has 0 unspecified atom stereocenters. The second kappa shape index (κ2) is 11.9. The van der Waals surface area contributed by atoms with Crippen LogP contribution < -0.4 is 16.0 Å². The molecule has 4 aromatic carbocycles. The normalized spacial score (nSPS) is 16.9. The van der Waals surface area contributed by atoms with E-state index >= 15 is 0 Å². The van der Waals surface area contributed by atoms with E-state index in [0.29, 0.717) is 38.2 Å². The average molecular weight is 648 g/mol. The smallest absolute Gasteiger partial charge is 0.257 e. The van der Waals surface area contributed by atoms with E-state index in [0.717, 1.165) is 0 Å². The molecule has 0 spiro atoms. The number of benzene rings is 4. The molecule has 0 aliphatic heterocycles. The minimum Gasteiger partial charge on any atom is -0.326 e. The quantitative estimate of drug-likeness (QED) is 0.176. The van der Waals surface area contributed by atoms with Gasteiger partial charge in [-0.15, -0.1) is 23.2 Å². The molecule has 1 aliphatic rings. The number of carbonyl (C=O) groups is 3. The van der Waals surface area contributed by atoms with Crippen molar-refractivity contribution >= 4 is 92.8 Å². The highest BCUT2D eigenvalue weighted by Gasteiger charge is 2.67. The Morgan fingerprint density at radius 3 is 1.80 bits per heavy atom. The zero-order chi connectivity index (χ0) is 29.3. The van der Waals surface area contributed by atoms with Crippen LogP contribution in [-0.2, 0) is 4.79 Å². The minimum atomic E-state index is -1.35. The molecule has 4 aromatic rings. The van der Waals surface area contributed by atoms with Crippen LogP contribution in [0.4, 0.5) is 17.1 Å². The van der Waals surface area contributed by atoms with Gasteiger partial charge in [0.15, 0.2) is 0 Å². The van der Waals surface area contributed by atoms with Crippen LogP contribution in [0.5, 0.6) is 0 Å². The number of rotatable bonds is 7. The average Bonchev–Trinajstić information content (AvgIpc) is 3.52. The molecule has 41 heavy (non-hydrogen) atoms. The standard InChI is InChI=1S/C30H20Cl5N3O3/c31-18-12-17(13-19(32)14-18)25-26(30(25,34)35)29(41)38-22-10-11-24(33)23(15-22)28(40)37-21-8-6-20(7-9-21)36-27(39)16-4-2-1-3-5-16/h1-15,25-26H,(H,36,39)(H,37,40)(H,38,41)/t25-,26+/m0/s1. The number of amides is 3. The van der Waals surface area contributed by atoms with Gasteiger partial charge < -0.3 is 16.0 Å². The van der Waals surface area contributed by atoms with Crippen molar-refractivity contribution in [1.82, 2.24) is 0 Å². The van der Waals surface area contributed by atoms with Crippen LogP contribution in [0.1, 0.15) is 32.2 Å². The molecule has 0 aromatic heterocycles. The predicted molar refractivity (Wildman–Crippen MR) is 166 cm³/mol. The maximum Gasteiger partial charge on any atom is 0.257 e. The van der Waals surface area contributed by atoms with Crippen LogP contribution in [0.25, 0.3) is 0 Å². The molecular weight excluding hydrogens is 628 g/mol. The molecule has 0 heterocycles. The molecule has 0 saturated heterocycles. The number of nitrogens with one attached hydrogen (secondary N) is 3. The first-order valence-electron chi connectivity index (χ1n) is 12.2. The summed E-state index contributed by atoms with van der Waals surface area (Å²) in [5, 5.41) is 9.32. The lowest BCUT2D eigenvalue weighted by Crippen LogP contribution is -2.18. The second-order valence-electron chi connectivity index (χ2n) is 9.37. The third-order valence-corrected chi connectivity index (χ3v) is 8.20. The summed E-state index contributed by atoms with van der Waals surface area (Å²) in [4.78, 5) is 38.5. The van der Waals surface area contributed by atoms with Gasteiger partial charge in [0.25, 0.3) is 11.8 Å². The van der Waals surface area contributed by atoms with Gasteiger partial charge >= 0.3 is 0 Å². The molecule has 3 N–H and O–H groups in total. The summed E-state index contributed by atoms with van der Waals surface area (Å²) < 4.78 is -1.35. The van der Waals surface area contributed by atoms with E-state index in [9.17, 15) is 14.4 Å². The predicted octanol–water partition coefficient (Wildman–Crippen LogP) is 8.68. The fraction of sp³-hybridized carbons (Fsp3) is 0.100. The van der Waals surface area contributed by atoms with Crippen LogP contribution in [0.15, 0.2) is 91.0 Å². The maximum atomic E-state index is 13.1. The van der Waals surface area contributed by atoms with Gasteiger partial charge in [0.05, 0.1) is 16.5 Å². The Kier molecular flexibility index (Phi) is 8.50. The topological polar surface area (TPSA) is 87.3 Å². The van der Waals surface area contributed by atoms with E-state index < -0.39 is 28.0 Å². The van der Waals surface area contributed by atoms with Crippen molar-refractivity contribution in [3.05, 3.63) is 123 Å². The number of alkyl halides is 2. The van der Waals surface area contributed by atoms with E-state index in [4.69, 9.17) is 58.0 Å². The molecule has 1 aliphatic carbocycles. The third-order valence-electron chi connectivity index (χ3n) is 6.50. The number of halogens is 5. The summed E-state index contributed by atoms with van der Waals surface area (Å²) in [6.45, 7) is 0. The Morgan fingerprint density at radius 1 is 0.634 bits per heavy atom. The van der Waals surface area contributed by atoms with Crippen molar-refractivity contribution in [3.8, 4) is 0 Å². The van der Waals surface area contributed by atoms with Gasteiger partial charge in [0.1, 0.15) is 4.33 Å². The molecule has 0 radical (unpaired) electrons. The summed E-state index contributed by atoms with van der Waals surface area (Å²) in [7, 11) is 0. The maximum absolute atomic E-state index is 13.1. The molecule has 3 amide bonds. The largest absolute Gasteiger partial charge is 0.326 e. The summed E-state index contributed by atoms with van der Waals surface area (Å²) >= 11 is 31.4. The minimum absolute atomic E-state index is 0.142. The molecule has 11 heteroatoms. The van der Waals surface area contributed by atoms with Crippen molar-refractivity contribution in [2.24, 2.45) is 5.92 Å². The van der Waals surface area contributed by atoms with Crippen LogP contribution in [0.2, 0.25) is 15.1 Å². The van der Waals surface area contributed by atoms with E-state index in [2.05, 4.69) is 16.0 Å². The van der Waals surface area contributed by atoms with E-state index in [1.807, 2.05) is 6.07 Å². The van der Waals surface area contributed by atoms with Crippen molar-refractivity contribution in [3.63, 3.8) is 0 Å². The first-order chi connectivity index (χ1) is 19.5. The van der Waals surface area contributed by atoms with Crippen molar-refractivity contribution < 1.29 is 14.4 Å². The molecular formula is C30H20Cl5N3O3. The summed E-state index contributed by atoms with van der Waals surface area (Å²) in [5.74, 6) is -2.46. The molecule has 1 saturated carbocycles. The zero-order valence-corrected chi connectivity index (χ0v) is 24.7. The lowest BCUT2D eigenvalue weighted by Gasteiger charge is -2.11. The van der Waals surface area contributed by atoms with Gasteiger partial charge in [0.2, 0.25) is 5.91 Å². The van der Waals surface area contributed by atoms with Crippen LogP contribution in [-0.4, -0.2) is 22.1 Å². The van der Waals surface area contributed by atoms with Crippen LogP contribution >= 0.6 is 58.0 Å². The molecule has 208 valence electrons. The summed E-state index contributed by atoms with van der Waals surface area (Å²) in [6.07, 6.45) is 0. The number of anilines is 3. The van der Waals surface area contributed by atoms with E-state index in [1.165, 1.54) is 12.1 Å². The van der Waals surface area contributed by atoms with Gasteiger partial charge in [0, 0.05) is 38.6 Å².